The van der Waals surface area contributed by atoms with Crippen molar-refractivity contribution in [2.45, 2.75) is 58.0 Å². The minimum atomic E-state index is -0.795. The molecule has 1 aromatic heterocycles. The molecule has 1 fully saturated rings. The van der Waals surface area contributed by atoms with Gasteiger partial charge in [-0.15, -0.1) is 11.3 Å². The Morgan fingerprint density at radius 3 is 2.44 bits per heavy atom. The molecule has 1 aliphatic carbocycles. The minimum absolute atomic E-state index is 0.636. The molecule has 0 amide bonds. The highest BCUT2D eigenvalue weighted by atomic mass is 32.1. The zero-order chi connectivity index (χ0) is 11.8. The highest BCUT2D eigenvalue weighted by molar-refractivity contribution is 7.09. The molecule has 0 radical (unpaired) electrons. The Morgan fingerprint density at radius 2 is 1.94 bits per heavy atom. The summed E-state index contributed by atoms with van der Waals surface area (Å²) in [5, 5.41) is 13.1. The maximum atomic E-state index is 9.89. The number of hydrogen-bond donors (Lipinski definition) is 1. The molecule has 1 aromatic rings. The zero-order valence-electron chi connectivity index (χ0n) is 10.4. The molecule has 2 rings (SSSR count). The molecule has 0 aliphatic heterocycles. The molecule has 1 heterocycles. The van der Waals surface area contributed by atoms with E-state index in [0.29, 0.717) is 5.92 Å². The molecule has 0 saturated heterocycles. The summed E-state index contributed by atoms with van der Waals surface area (Å²) in [4.78, 5) is 4.60. The molecular formula is C13H21NOS. The molecule has 1 aliphatic rings. The van der Waals surface area contributed by atoms with Crippen LogP contribution in [-0.2, 0) is 5.60 Å². The van der Waals surface area contributed by atoms with Gasteiger partial charge in [-0.2, -0.15) is 0 Å². The van der Waals surface area contributed by atoms with Crippen LogP contribution in [0.4, 0.5) is 0 Å². The molecule has 16 heavy (non-hydrogen) atoms. The Morgan fingerprint density at radius 1 is 1.31 bits per heavy atom. The van der Waals surface area contributed by atoms with Gasteiger partial charge in [0.2, 0.25) is 0 Å². The third-order valence-corrected chi connectivity index (χ3v) is 4.52. The number of aromatic nitrogens is 1. The van der Waals surface area contributed by atoms with Crippen LogP contribution in [0.3, 0.4) is 0 Å². The molecule has 0 bridgehead atoms. The van der Waals surface area contributed by atoms with E-state index >= 15 is 0 Å². The second-order valence-electron chi connectivity index (χ2n) is 5.59. The van der Waals surface area contributed by atoms with Crippen molar-refractivity contribution in [1.29, 1.82) is 0 Å². The average molecular weight is 239 g/mol. The predicted molar refractivity (Wildman–Crippen MR) is 67.7 cm³/mol. The van der Waals surface area contributed by atoms with Gasteiger partial charge in [-0.3, -0.25) is 0 Å². The lowest BCUT2D eigenvalue weighted by Crippen LogP contribution is -2.16. The fourth-order valence-corrected chi connectivity index (χ4v) is 3.42. The summed E-state index contributed by atoms with van der Waals surface area (Å²) < 4.78 is 0. The monoisotopic (exact) mass is 239 g/mol. The smallest absolute Gasteiger partial charge is 0.102 e. The predicted octanol–water partition coefficient (Wildman–Crippen LogP) is 3.66. The van der Waals surface area contributed by atoms with E-state index < -0.39 is 5.60 Å². The van der Waals surface area contributed by atoms with Gasteiger partial charge in [0.05, 0.1) is 10.7 Å². The van der Waals surface area contributed by atoms with E-state index in [4.69, 9.17) is 0 Å². The van der Waals surface area contributed by atoms with Gasteiger partial charge < -0.3 is 5.11 Å². The summed E-state index contributed by atoms with van der Waals surface area (Å²) in [7, 11) is 0. The van der Waals surface area contributed by atoms with E-state index in [0.717, 1.165) is 11.6 Å². The number of rotatable bonds is 2. The first-order chi connectivity index (χ1) is 7.47. The van der Waals surface area contributed by atoms with Gasteiger partial charge in [0.1, 0.15) is 5.60 Å². The van der Waals surface area contributed by atoms with Gasteiger partial charge in [-0.05, 0) is 32.6 Å². The summed E-state index contributed by atoms with van der Waals surface area (Å²) >= 11 is 1.71. The number of thiazole rings is 1. The van der Waals surface area contributed by atoms with Crippen molar-refractivity contribution in [3.63, 3.8) is 0 Å². The summed E-state index contributed by atoms with van der Waals surface area (Å²) in [5.74, 6) is 1.52. The van der Waals surface area contributed by atoms with Crippen LogP contribution in [0.25, 0.3) is 0 Å². The lowest BCUT2D eigenvalue weighted by molar-refractivity contribution is 0.0742. The van der Waals surface area contributed by atoms with Crippen LogP contribution in [0.15, 0.2) is 5.38 Å². The Kier molecular flexibility index (Phi) is 3.36. The molecule has 90 valence electrons. The van der Waals surface area contributed by atoms with Crippen LogP contribution in [0.5, 0.6) is 0 Å². The molecule has 3 heteroatoms. The normalized spacial score (nSPS) is 27.0. The summed E-state index contributed by atoms with van der Waals surface area (Å²) in [6.07, 6.45) is 5.17. The third kappa shape index (κ3) is 2.64. The second-order valence-corrected chi connectivity index (χ2v) is 6.48. The van der Waals surface area contributed by atoms with Crippen molar-refractivity contribution in [3.05, 3.63) is 16.1 Å². The maximum absolute atomic E-state index is 9.89. The van der Waals surface area contributed by atoms with Crippen LogP contribution in [0.2, 0.25) is 0 Å². The molecule has 0 spiro atoms. The van der Waals surface area contributed by atoms with E-state index in [-0.39, 0.29) is 0 Å². The van der Waals surface area contributed by atoms with Crippen molar-refractivity contribution in [1.82, 2.24) is 4.98 Å². The van der Waals surface area contributed by atoms with E-state index in [1.807, 2.05) is 5.38 Å². The van der Waals surface area contributed by atoms with Crippen LogP contribution < -0.4 is 0 Å². The fourth-order valence-electron chi connectivity index (χ4n) is 2.26. The van der Waals surface area contributed by atoms with E-state index in [2.05, 4.69) is 11.9 Å². The summed E-state index contributed by atoms with van der Waals surface area (Å²) in [6.45, 7) is 5.93. The molecule has 0 aromatic carbocycles. The first-order valence-electron chi connectivity index (χ1n) is 6.15. The standard InChI is InChI=1S/C13H21NOS/c1-9-4-6-10(7-5-9)12-14-11(8-16-12)13(2,3)15/h8-10,15H,4-7H2,1-3H3/t9-,10-. The Balaban J connectivity index is 2.08. The minimum Gasteiger partial charge on any atom is -0.384 e. The van der Waals surface area contributed by atoms with Gasteiger partial charge in [-0.1, -0.05) is 19.8 Å². The van der Waals surface area contributed by atoms with Gasteiger partial charge in [-0.25, -0.2) is 4.98 Å². The Hall–Kier alpha value is -0.410. The van der Waals surface area contributed by atoms with Crippen LogP contribution >= 0.6 is 11.3 Å². The average Bonchev–Trinajstić information content (AvgIpc) is 2.67. The van der Waals surface area contributed by atoms with Crippen molar-refractivity contribution >= 4 is 11.3 Å². The Bertz CT molecular complexity index is 345. The van der Waals surface area contributed by atoms with Crippen molar-refractivity contribution < 1.29 is 5.11 Å². The highest BCUT2D eigenvalue weighted by Crippen LogP contribution is 2.37. The van der Waals surface area contributed by atoms with Crippen LogP contribution in [0.1, 0.15) is 63.1 Å². The molecule has 1 N–H and O–H groups in total. The summed E-state index contributed by atoms with van der Waals surface area (Å²) in [5.41, 5.74) is 0.0302. The van der Waals surface area contributed by atoms with Crippen molar-refractivity contribution in [3.8, 4) is 0 Å². The number of hydrogen-bond acceptors (Lipinski definition) is 3. The SMILES string of the molecule is CC(C)(O)c1csc([C@H]2CC[C@H](C)CC2)n1. The van der Waals surface area contributed by atoms with E-state index in [1.54, 1.807) is 25.2 Å². The lowest BCUT2D eigenvalue weighted by Gasteiger charge is -2.24. The maximum Gasteiger partial charge on any atom is 0.102 e. The number of aliphatic hydroxyl groups is 1. The van der Waals surface area contributed by atoms with Gasteiger partial charge in [0.25, 0.3) is 0 Å². The van der Waals surface area contributed by atoms with Gasteiger partial charge in [0.15, 0.2) is 0 Å². The highest BCUT2D eigenvalue weighted by Gasteiger charge is 2.25. The van der Waals surface area contributed by atoms with Crippen LogP contribution in [0, 0.1) is 5.92 Å². The van der Waals surface area contributed by atoms with E-state index in [1.165, 1.54) is 30.7 Å². The van der Waals surface area contributed by atoms with Gasteiger partial charge >= 0.3 is 0 Å². The topological polar surface area (TPSA) is 33.1 Å². The van der Waals surface area contributed by atoms with E-state index in [9.17, 15) is 5.11 Å². The number of nitrogens with zero attached hydrogens (tertiary/aromatic N) is 1. The van der Waals surface area contributed by atoms with Crippen molar-refractivity contribution in [2.24, 2.45) is 5.92 Å². The lowest BCUT2D eigenvalue weighted by atomic mass is 9.83. The van der Waals surface area contributed by atoms with Crippen LogP contribution in [-0.4, -0.2) is 10.1 Å². The molecule has 2 nitrogen and oxygen atoms in total. The molecule has 0 atom stereocenters. The van der Waals surface area contributed by atoms with Crippen molar-refractivity contribution in [2.75, 3.05) is 0 Å². The zero-order valence-corrected chi connectivity index (χ0v) is 11.2. The molecule has 0 unspecified atom stereocenters. The Labute approximate surface area is 102 Å². The quantitative estimate of drug-likeness (QED) is 0.854. The molecular weight excluding hydrogens is 218 g/mol. The first kappa shape index (κ1) is 12.1. The third-order valence-electron chi connectivity index (χ3n) is 3.51. The largest absolute Gasteiger partial charge is 0.384 e. The molecule has 1 saturated carbocycles. The second kappa shape index (κ2) is 4.46. The first-order valence-corrected chi connectivity index (χ1v) is 7.03. The summed E-state index contributed by atoms with van der Waals surface area (Å²) in [6, 6.07) is 0. The van der Waals surface area contributed by atoms with Gasteiger partial charge in [0, 0.05) is 11.3 Å². The fraction of sp³-hybridized carbons (Fsp3) is 0.769.